The van der Waals surface area contributed by atoms with E-state index in [1.165, 1.54) is 11.3 Å². The highest BCUT2D eigenvalue weighted by Gasteiger charge is 2.16. The average Bonchev–Trinajstić information content (AvgIpc) is 2.73. The second kappa shape index (κ2) is 3.90. The van der Waals surface area contributed by atoms with Gasteiger partial charge in [0.25, 0.3) is 0 Å². The van der Waals surface area contributed by atoms with Crippen LogP contribution in [0.3, 0.4) is 0 Å². The molecule has 1 atom stereocenters. The molecule has 2 aromatic heterocycles. The minimum Gasteiger partial charge on any atom is -0.320 e. The summed E-state index contributed by atoms with van der Waals surface area (Å²) in [5, 5.41) is 6.53. The Kier molecular flexibility index (Phi) is 2.78. The summed E-state index contributed by atoms with van der Waals surface area (Å²) in [6, 6.07) is 1.51. The molecule has 74 valence electrons. The third-order valence-corrected chi connectivity index (χ3v) is 3.41. The van der Waals surface area contributed by atoms with Crippen molar-refractivity contribution < 1.29 is 0 Å². The first kappa shape index (κ1) is 9.98. The van der Waals surface area contributed by atoms with Gasteiger partial charge in [-0.1, -0.05) is 23.2 Å². The van der Waals surface area contributed by atoms with Gasteiger partial charge in [-0.3, -0.25) is 5.10 Å². The van der Waals surface area contributed by atoms with Crippen molar-refractivity contribution in [1.82, 2.24) is 10.2 Å². The number of aromatic amines is 1. The van der Waals surface area contributed by atoms with Crippen molar-refractivity contribution >= 4 is 34.5 Å². The van der Waals surface area contributed by atoms with E-state index in [2.05, 4.69) is 10.2 Å². The summed E-state index contributed by atoms with van der Waals surface area (Å²) in [7, 11) is 0. The Bertz CT molecular complexity index is 424. The third kappa shape index (κ3) is 1.79. The zero-order valence-corrected chi connectivity index (χ0v) is 9.33. The fourth-order valence-electron chi connectivity index (χ4n) is 1.18. The molecule has 0 aliphatic carbocycles. The first-order valence-electron chi connectivity index (χ1n) is 3.87. The molecule has 14 heavy (non-hydrogen) atoms. The summed E-state index contributed by atoms with van der Waals surface area (Å²) in [5.74, 6) is 0. The summed E-state index contributed by atoms with van der Waals surface area (Å²) in [6.07, 6.45) is 3.42. The van der Waals surface area contributed by atoms with Crippen molar-refractivity contribution in [3.8, 4) is 0 Å². The molecule has 0 radical (unpaired) electrons. The fourth-order valence-corrected chi connectivity index (χ4v) is 2.73. The first-order valence-corrected chi connectivity index (χ1v) is 5.44. The molecule has 2 heterocycles. The van der Waals surface area contributed by atoms with Crippen LogP contribution < -0.4 is 5.73 Å². The topological polar surface area (TPSA) is 54.7 Å². The SMILES string of the molecule is NC(c1cn[nH]c1)c1cc(Cl)sc1Cl. The Morgan fingerprint density at radius 1 is 1.50 bits per heavy atom. The molecule has 0 spiro atoms. The van der Waals surface area contributed by atoms with Gasteiger partial charge in [-0.25, -0.2) is 0 Å². The number of H-pyrrole nitrogens is 1. The molecule has 3 N–H and O–H groups in total. The zero-order valence-electron chi connectivity index (χ0n) is 7.00. The van der Waals surface area contributed by atoms with Crippen molar-refractivity contribution in [1.29, 1.82) is 0 Å². The van der Waals surface area contributed by atoms with Gasteiger partial charge >= 0.3 is 0 Å². The number of thiophene rings is 1. The van der Waals surface area contributed by atoms with Gasteiger partial charge in [0, 0.05) is 17.3 Å². The molecule has 2 rings (SSSR count). The average molecular weight is 248 g/mol. The van der Waals surface area contributed by atoms with Gasteiger partial charge in [-0.05, 0) is 6.07 Å². The number of nitrogens with two attached hydrogens (primary N) is 1. The minimum atomic E-state index is -0.273. The zero-order chi connectivity index (χ0) is 10.1. The van der Waals surface area contributed by atoms with E-state index >= 15 is 0 Å². The van der Waals surface area contributed by atoms with E-state index in [9.17, 15) is 0 Å². The predicted molar refractivity (Wildman–Crippen MR) is 59.0 cm³/mol. The van der Waals surface area contributed by atoms with E-state index in [1.54, 1.807) is 18.5 Å². The maximum atomic E-state index is 5.98. The van der Waals surface area contributed by atoms with Gasteiger partial charge in [0.2, 0.25) is 0 Å². The van der Waals surface area contributed by atoms with Gasteiger partial charge in [0.15, 0.2) is 0 Å². The standard InChI is InChI=1S/C8H7Cl2N3S/c9-6-1-5(8(10)14-6)7(11)4-2-12-13-3-4/h1-3,7H,11H2,(H,12,13). The second-order valence-corrected chi connectivity index (χ2v) is 5.07. The maximum absolute atomic E-state index is 5.98. The summed E-state index contributed by atoms with van der Waals surface area (Å²) in [5.41, 5.74) is 7.70. The number of hydrogen-bond donors (Lipinski definition) is 2. The lowest BCUT2D eigenvalue weighted by Gasteiger charge is -2.06. The molecule has 0 saturated carbocycles. The van der Waals surface area contributed by atoms with Gasteiger partial charge in [0.05, 0.1) is 20.9 Å². The molecule has 0 aliphatic heterocycles. The Labute approximate surface area is 94.8 Å². The Morgan fingerprint density at radius 3 is 2.79 bits per heavy atom. The normalized spacial score (nSPS) is 13.1. The van der Waals surface area contributed by atoms with E-state index in [0.717, 1.165) is 11.1 Å². The molecule has 3 nitrogen and oxygen atoms in total. The quantitative estimate of drug-likeness (QED) is 0.858. The van der Waals surface area contributed by atoms with E-state index in [4.69, 9.17) is 28.9 Å². The van der Waals surface area contributed by atoms with Crippen LogP contribution in [0.2, 0.25) is 8.67 Å². The van der Waals surface area contributed by atoms with Crippen LogP contribution in [0.1, 0.15) is 17.2 Å². The predicted octanol–water partition coefficient (Wildman–Crippen LogP) is 2.83. The number of hydrogen-bond acceptors (Lipinski definition) is 3. The van der Waals surface area contributed by atoms with Crippen LogP contribution in [0.4, 0.5) is 0 Å². The molecular weight excluding hydrogens is 241 g/mol. The summed E-state index contributed by atoms with van der Waals surface area (Å²) in [4.78, 5) is 0. The van der Waals surface area contributed by atoms with Gasteiger partial charge in [0.1, 0.15) is 0 Å². The Morgan fingerprint density at radius 2 is 2.29 bits per heavy atom. The van der Waals surface area contributed by atoms with Crippen LogP contribution in [0.15, 0.2) is 18.5 Å². The van der Waals surface area contributed by atoms with Crippen molar-refractivity contribution in [2.75, 3.05) is 0 Å². The molecule has 2 aromatic rings. The Hall–Kier alpha value is -0.550. The highest BCUT2D eigenvalue weighted by Crippen LogP contribution is 2.36. The lowest BCUT2D eigenvalue weighted by atomic mass is 10.1. The molecule has 0 saturated heterocycles. The number of halogens is 2. The molecule has 1 unspecified atom stereocenters. The number of nitrogens with zero attached hydrogens (tertiary/aromatic N) is 1. The summed E-state index contributed by atoms with van der Waals surface area (Å²) >= 11 is 13.1. The van der Waals surface area contributed by atoms with E-state index in [1.807, 2.05) is 0 Å². The van der Waals surface area contributed by atoms with Crippen LogP contribution in [0, 0.1) is 0 Å². The van der Waals surface area contributed by atoms with Crippen molar-refractivity contribution in [2.24, 2.45) is 5.73 Å². The van der Waals surface area contributed by atoms with Gasteiger partial charge in [-0.2, -0.15) is 5.10 Å². The number of nitrogens with one attached hydrogen (secondary N) is 1. The lowest BCUT2D eigenvalue weighted by molar-refractivity contribution is 0.878. The van der Waals surface area contributed by atoms with Crippen LogP contribution in [0.5, 0.6) is 0 Å². The third-order valence-electron chi connectivity index (χ3n) is 1.90. The largest absolute Gasteiger partial charge is 0.320 e. The van der Waals surface area contributed by atoms with Crippen molar-refractivity contribution in [3.05, 3.63) is 38.3 Å². The van der Waals surface area contributed by atoms with E-state index in [0.29, 0.717) is 8.67 Å². The van der Waals surface area contributed by atoms with Gasteiger partial charge in [-0.15, -0.1) is 11.3 Å². The van der Waals surface area contributed by atoms with Crippen LogP contribution >= 0.6 is 34.5 Å². The fraction of sp³-hybridized carbons (Fsp3) is 0.125. The minimum absolute atomic E-state index is 0.273. The van der Waals surface area contributed by atoms with E-state index in [-0.39, 0.29) is 6.04 Å². The van der Waals surface area contributed by atoms with Crippen LogP contribution in [-0.2, 0) is 0 Å². The first-order chi connectivity index (χ1) is 6.68. The highest BCUT2D eigenvalue weighted by atomic mass is 35.5. The van der Waals surface area contributed by atoms with E-state index < -0.39 is 0 Å². The summed E-state index contributed by atoms with van der Waals surface area (Å²) in [6.45, 7) is 0. The van der Waals surface area contributed by atoms with Crippen molar-refractivity contribution in [3.63, 3.8) is 0 Å². The van der Waals surface area contributed by atoms with Gasteiger partial charge < -0.3 is 5.73 Å². The molecule has 6 heteroatoms. The lowest BCUT2D eigenvalue weighted by Crippen LogP contribution is -2.10. The maximum Gasteiger partial charge on any atom is 0.0995 e. The molecule has 0 aromatic carbocycles. The van der Waals surface area contributed by atoms with Crippen LogP contribution in [0.25, 0.3) is 0 Å². The molecular formula is C8H7Cl2N3S. The molecule has 0 aliphatic rings. The monoisotopic (exact) mass is 247 g/mol. The number of aromatic nitrogens is 2. The molecule has 0 fully saturated rings. The smallest absolute Gasteiger partial charge is 0.0995 e. The molecule has 0 amide bonds. The van der Waals surface area contributed by atoms with Crippen LogP contribution in [-0.4, -0.2) is 10.2 Å². The molecule has 0 bridgehead atoms. The highest BCUT2D eigenvalue weighted by molar-refractivity contribution is 7.20. The van der Waals surface area contributed by atoms with Crippen molar-refractivity contribution in [2.45, 2.75) is 6.04 Å². The number of rotatable bonds is 2. The second-order valence-electron chi connectivity index (χ2n) is 2.79. The summed E-state index contributed by atoms with van der Waals surface area (Å²) < 4.78 is 1.27. The Balaban J connectivity index is 2.36.